The van der Waals surface area contributed by atoms with Crippen molar-refractivity contribution in [2.75, 3.05) is 5.73 Å². The fraction of sp³-hybridized carbons (Fsp3) is 0.385. The fourth-order valence-electron chi connectivity index (χ4n) is 2.64. The Kier molecular flexibility index (Phi) is 1.93. The average molecular weight is 226 g/mol. The van der Waals surface area contributed by atoms with Crippen LogP contribution in [0.15, 0.2) is 18.2 Å². The first-order valence-corrected chi connectivity index (χ1v) is 5.83. The topological polar surface area (TPSA) is 67.6 Å². The van der Waals surface area contributed by atoms with Gasteiger partial charge in [-0.25, -0.2) is 4.98 Å². The second-order valence-corrected chi connectivity index (χ2v) is 4.97. The molecule has 0 amide bonds. The van der Waals surface area contributed by atoms with Gasteiger partial charge in [0.1, 0.15) is 0 Å². The molecule has 1 aliphatic rings. The molecule has 4 nitrogen and oxygen atoms in total. The number of nitriles is 1. The van der Waals surface area contributed by atoms with Crippen molar-refractivity contribution in [2.45, 2.75) is 31.7 Å². The Morgan fingerprint density at radius 1 is 1.47 bits per heavy atom. The van der Waals surface area contributed by atoms with Crippen LogP contribution in [0.5, 0.6) is 0 Å². The smallest absolute Gasteiger partial charge is 0.201 e. The van der Waals surface area contributed by atoms with Crippen molar-refractivity contribution in [3.05, 3.63) is 23.8 Å². The first-order valence-electron chi connectivity index (χ1n) is 5.83. The van der Waals surface area contributed by atoms with Crippen molar-refractivity contribution in [1.29, 1.82) is 5.26 Å². The van der Waals surface area contributed by atoms with Crippen LogP contribution in [0.25, 0.3) is 11.0 Å². The Morgan fingerprint density at radius 2 is 2.24 bits per heavy atom. The van der Waals surface area contributed by atoms with Crippen molar-refractivity contribution in [3.63, 3.8) is 0 Å². The van der Waals surface area contributed by atoms with Gasteiger partial charge in [-0.2, -0.15) is 5.26 Å². The summed E-state index contributed by atoms with van der Waals surface area (Å²) in [6.45, 7) is 2.20. The molecule has 0 bridgehead atoms. The van der Waals surface area contributed by atoms with E-state index in [1.54, 1.807) is 6.07 Å². The maximum Gasteiger partial charge on any atom is 0.201 e. The van der Waals surface area contributed by atoms with Gasteiger partial charge in [0.05, 0.1) is 22.7 Å². The lowest BCUT2D eigenvalue weighted by molar-refractivity contribution is 0.177. The minimum atomic E-state index is 0.0763. The summed E-state index contributed by atoms with van der Waals surface area (Å²) >= 11 is 0. The molecule has 1 aromatic heterocycles. The lowest BCUT2D eigenvalue weighted by atomic mass is 9.78. The number of fused-ring (bicyclic) bond motifs is 1. The Bertz CT molecular complexity index is 629. The predicted octanol–water partition coefficient (Wildman–Crippen LogP) is 2.39. The van der Waals surface area contributed by atoms with Crippen LogP contribution >= 0.6 is 0 Å². The molecule has 17 heavy (non-hydrogen) atoms. The van der Waals surface area contributed by atoms with Crippen LogP contribution in [0.2, 0.25) is 0 Å². The predicted molar refractivity (Wildman–Crippen MR) is 66.4 cm³/mol. The van der Waals surface area contributed by atoms with E-state index < -0.39 is 0 Å². The van der Waals surface area contributed by atoms with E-state index in [-0.39, 0.29) is 5.54 Å². The molecule has 0 aliphatic heterocycles. The van der Waals surface area contributed by atoms with Gasteiger partial charge in [-0.3, -0.25) is 0 Å². The van der Waals surface area contributed by atoms with E-state index >= 15 is 0 Å². The van der Waals surface area contributed by atoms with E-state index in [9.17, 15) is 0 Å². The molecular weight excluding hydrogens is 212 g/mol. The zero-order valence-corrected chi connectivity index (χ0v) is 9.77. The molecule has 0 spiro atoms. The quantitative estimate of drug-likeness (QED) is 0.811. The largest absolute Gasteiger partial charge is 0.369 e. The minimum absolute atomic E-state index is 0.0763. The van der Waals surface area contributed by atoms with Crippen LogP contribution in [0.3, 0.4) is 0 Å². The van der Waals surface area contributed by atoms with Gasteiger partial charge in [-0.15, -0.1) is 0 Å². The SMILES string of the molecule is CC1(n2c(N)nc3ccc(C#N)cc32)CCC1. The second kappa shape index (κ2) is 3.24. The third-order valence-corrected chi connectivity index (χ3v) is 3.78. The monoisotopic (exact) mass is 226 g/mol. The van der Waals surface area contributed by atoms with Gasteiger partial charge in [0, 0.05) is 5.54 Å². The van der Waals surface area contributed by atoms with Crippen LogP contribution in [-0.4, -0.2) is 9.55 Å². The first-order chi connectivity index (χ1) is 8.14. The Balaban J connectivity index is 2.29. The Labute approximate surface area is 99.7 Å². The summed E-state index contributed by atoms with van der Waals surface area (Å²) in [4.78, 5) is 4.37. The Hall–Kier alpha value is -2.02. The first kappa shape index (κ1) is 10.2. The number of nitrogens with two attached hydrogens (primary N) is 1. The number of hydrogen-bond donors (Lipinski definition) is 1. The molecule has 4 heteroatoms. The van der Waals surface area contributed by atoms with E-state index in [1.807, 2.05) is 12.1 Å². The van der Waals surface area contributed by atoms with Crippen molar-refractivity contribution < 1.29 is 0 Å². The zero-order chi connectivity index (χ0) is 12.0. The standard InChI is InChI=1S/C13H14N4/c1-13(5-2-6-13)17-11-7-9(8-14)3-4-10(11)16-12(17)15/h3-4,7H,2,5-6H2,1H3,(H2,15,16). The fourth-order valence-corrected chi connectivity index (χ4v) is 2.64. The van der Waals surface area contributed by atoms with Gasteiger partial charge >= 0.3 is 0 Å². The lowest BCUT2D eigenvalue weighted by Crippen LogP contribution is -2.37. The molecule has 0 radical (unpaired) electrons. The third-order valence-electron chi connectivity index (χ3n) is 3.78. The summed E-state index contributed by atoms with van der Waals surface area (Å²) in [5, 5.41) is 8.96. The van der Waals surface area contributed by atoms with E-state index in [2.05, 4.69) is 22.5 Å². The average Bonchev–Trinajstić information content (AvgIpc) is 2.61. The molecule has 1 aromatic carbocycles. The molecule has 1 heterocycles. The van der Waals surface area contributed by atoms with Crippen molar-refractivity contribution >= 4 is 17.0 Å². The minimum Gasteiger partial charge on any atom is -0.369 e. The van der Waals surface area contributed by atoms with E-state index in [0.717, 1.165) is 23.9 Å². The van der Waals surface area contributed by atoms with Crippen LogP contribution in [0.4, 0.5) is 5.95 Å². The summed E-state index contributed by atoms with van der Waals surface area (Å²) in [6.07, 6.45) is 3.48. The van der Waals surface area contributed by atoms with E-state index in [1.165, 1.54) is 6.42 Å². The Morgan fingerprint density at radius 3 is 2.82 bits per heavy atom. The highest BCUT2D eigenvalue weighted by atomic mass is 15.2. The molecule has 2 aromatic rings. The van der Waals surface area contributed by atoms with Crippen molar-refractivity contribution in [3.8, 4) is 6.07 Å². The molecule has 1 fully saturated rings. The summed E-state index contributed by atoms with van der Waals surface area (Å²) in [7, 11) is 0. The zero-order valence-electron chi connectivity index (χ0n) is 9.77. The maximum absolute atomic E-state index is 8.96. The number of hydrogen-bond acceptors (Lipinski definition) is 3. The van der Waals surface area contributed by atoms with Crippen LogP contribution < -0.4 is 5.73 Å². The second-order valence-electron chi connectivity index (χ2n) is 4.97. The van der Waals surface area contributed by atoms with Crippen LogP contribution in [0.1, 0.15) is 31.7 Å². The third kappa shape index (κ3) is 1.32. The molecule has 0 saturated heterocycles. The lowest BCUT2D eigenvalue weighted by Gasteiger charge is -2.40. The molecular formula is C13H14N4. The summed E-state index contributed by atoms with van der Waals surface area (Å²) < 4.78 is 2.09. The van der Waals surface area contributed by atoms with Crippen molar-refractivity contribution in [2.24, 2.45) is 0 Å². The number of aromatic nitrogens is 2. The maximum atomic E-state index is 8.96. The van der Waals surface area contributed by atoms with E-state index in [4.69, 9.17) is 11.0 Å². The highest BCUT2D eigenvalue weighted by Crippen LogP contribution is 2.42. The highest BCUT2D eigenvalue weighted by Gasteiger charge is 2.36. The molecule has 3 rings (SSSR count). The number of imidazole rings is 1. The number of benzene rings is 1. The molecule has 0 atom stereocenters. The number of anilines is 1. The van der Waals surface area contributed by atoms with Crippen molar-refractivity contribution in [1.82, 2.24) is 9.55 Å². The molecule has 0 unspecified atom stereocenters. The number of rotatable bonds is 1. The van der Waals surface area contributed by atoms with E-state index in [0.29, 0.717) is 11.5 Å². The number of nitrogens with zero attached hydrogens (tertiary/aromatic N) is 3. The molecule has 2 N–H and O–H groups in total. The van der Waals surface area contributed by atoms with Gasteiger partial charge < -0.3 is 10.3 Å². The molecule has 1 aliphatic carbocycles. The molecule has 86 valence electrons. The van der Waals surface area contributed by atoms with Crippen LogP contribution in [0, 0.1) is 11.3 Å². The summed E-state index contributed by atoms with van der Waals surface area (Å²) in [5.41, 5.74) is 8.59. The van der Waals surface area contributed by atoms with Gasteiger partial charge in [-0.05, 0) is 44.4 Å². The van der Waals surface area contributed by atoms with Crippen LogP contribution in [-0.2, 0) is 5.54 Å². The molecule has 1 saturated carbocycles. The van der Waals surface area contributed by atoms with Gasteiger partial charge in [0.15, 0.2) is 0 Å². The number of nitrogen functional groups attached to an aromatic ring is 1. The normalized spacial score (nSPS) is 17.6. The highest BCUT2D eigenvalue weighted by molar-refractivity contribution is 5.80. The van der Waals surface area contributed by atoms with Gasteiger partial charge in [0.2, 0.25) is 5.95 Å². The summed E-state index contributed by atoms with van der Waals surface area (Å²) in [6, 6.07) is 7.68. The summed E-state index contributed by atoms with van der Waals surface area (Å²) in [5.74, 6) is 0.553. The van der Waals surface area contributed by atoms with Gasteiger partial charge in [-0.1, -0.05) is 0 Å². The van der Waals surface area contributed by atoms with Gasteiger partial charge in [0.25, 0.3) is 0 Å².